The van der Waals surface area contributed by atoms with E-state index in [1.807, 2.05) is 0 Å². The van der Waals surface area contributed by atoms with E-state index in [9.17, 15) is 13.2 Å². The van der Waals surface area contributed by atoms with E-state index in [0.29, 0.717) is 16.4 Å². The van der Waals surface area contributed by atoms with Crippen LogP contribution in [0.1, 0.15) is 18.4 Å². The Hall–Kier alpha value is -2.11. The van der Waals surface area contributed by atoms with Gasteiger partial charge in [0.1, 0.15) is 17.7 Å². The molecule has 0 radical (unpaired) electrons. The molecule has 0 amide bonds. The summed E-state index contributed by atoms with van der Waals surface area (Å²) in [4.78, 5) is 1.45. The predicted octanol–water partition coefficient (Wildman–Crippen LogP) is 7.49. The van der Waals surface area contributed by atoms with E-state index in [1.165, 1.54) is 36.0 Å². The molecule has 0 saturated carbocycles. The highest BCUT2D eigenvalue weighted by molar-refractivity contribution is 8.11. The topological polar surface area (TPSA) is 9.23 Å². The highest BCUT2D eigenvalue weighted by atomic mass is 35.5. The Kier molecular flexibility index (Phi) is 6.02. The first-order valence-corrected chi connectivity index (χ1v) is 9.32. The summed E-state index contributed by atoms with van der Waals surface area (Å²) in [5.74, 6) is -3.06. The van der Waals surface area contributed by atoms with Gasteiger partial charge in [0.25, 0.3) is 0 Å². The third-order valence-corrected chi connectivity index (χ3v) is 5.66. The van der Waals surface area contributed by atoms with Crippen LogP contribution in [0.3, 0.4) is 0 Å². The van der Waals surface area contributed by atoms with Crippen LogP contribution in [0.2, 0.25) is 0 Å². The van der Waals surface area contributed by atoms with E-state index >= 15 is 0 Å². The first kappa shape index (κ1) is 19.6. The Morgan fingerprint density at radius 3 is 2.37 bits per heavy atom. The lowest BCUT2D eigenvalue weighted by molar-refractivity contribution is 0.468. The van der Waals surface area contributed by atoms with Gasteiger partial charge in [-0.3, -0.25) is 0 Å². The number of allylic oxidation sites excluding steroid dienone is 3. The molecule has 27 heavy (non-hydrogen) atoms. The average molecular weight is 409 g/mol. The number of benzene rings is 2. The summed E-state index contributed by atoms with van der Waals surface area (Å²) in [7, 11) is 0. The van der Waals surface area contributed by atoms with Crippen molar-refractivity contribution in [1.29, 1.82) is 0 Å². The van der Waals surface area contributed by atoms with Crippen LogP contribution in [0.15, 0.2) is 60.5 Å². The molecule has 2 aromatic carbocycles. The summed E-state index contributed by atoms with van der Waals surface area (Å²) in [6, 6.07) is 6.64. The molecule has 0 aliphatic heterocycles. The van der Waals surface area contributed by atoms with Crippen LogP contribution in [0.25, 0.3) is 16.0 Å². The third-order valence-electron chi connectivity index (χ3n) is 4.43. The van der Waals surface area contributed by atoms with Crippen LogP contribution in [0.5, 0.6) is 5.75 Å². The predicted molar refractivity (Wildman–Crippen MR) is 106 cm³/mol. The standard InChI is InChI=1S/C21H16ClF3OS/c1-12(14-5-3-4-6-14)27-13(2)16-8-7-15(11-18(16)23)17-9-10-19(26-22)21(25)20(17)24/h3-4,7-11,14H,1-2,5-6H2. The molecule has 0 aromatic heterocycles. The van der Waals surface area contributed by atoms with Gasteiger partial charge in [-0.15, -0.1) is 0 Å². The molecule has 140 valence electrons. The lowest BCUT2D eigenvalue weighted by Gasteiger charge is -2.15. The van der Waals surface area contributed by atoms with Gasteiger partial charge in [-0.1, -0.05) is 49.2 Å². The van der Waals surface area contributed by atoms with Crippen LogP contribution in [-0.4, -0.2) is 0 Å². The van der Waals surface area contributed by atoms with Gasteiger partial charge in [0.15, 0.2) is 11.6 Å². The summed E-state index contributed by atoms with van der Waals surface area (Å²) in [6.07, 6.45) is 6.05. The average Bonchev–Trinajstić information content (AvgIpc) is 3.18. The van der Waals surface area contributed by atoms with Gasteiger partial charge in [-0.2, -0.15) is 4.39 Å². The first-order chi connectivity index (χ1) is 12.9. The van der Waals surface area contributed by atoms with Crippen molar-refractivity contribution in [2.45, 2.75) is 12.8 Å². The number of hydrogen-bond acceptors (Lipinski definition) is 2. The molecule has 0 bridgehead atoms. The molecule has 0 unspecified atom stereocenters. The number of thioether (sulfide) groups is 1. The summed E-state index contributed by atoms with van der Waals surface area (Å²) in [5, 5.41) is 0. The van der Waals surface area contributed by atoms with Crippen molar-refractivity contribution in [2.75, 3.05) is 0 Å². The SMILES string of the molecule is C=C(SC(=C)C1CC=CC1)c1ccc(-c2ccc(OCl)c(F)c2F)cc1F. The lowest BCUT2D eigenvalue weighted by Crippen LogP contribution is -1.96. The largest absolute Gasteiger partial charge is 0.382 e. The van der Waals surface area contributed by atoms with E-state index in [2.05, 4.69) is 29.6 Å². The minimum atomic E-state index is -1.23. The van der Waals surface area contributed by atoms with Crippen molar-refractivity contribution >= 4 is 28.5 Å². The maximum absolute atomic E-state index is 14.6. The number of hydrogen-bond donors (Lipinski definition) is 0. The molecule has 0 heterocycles. The van der Waals surface area contributed by atoms with Crippen molar-refractivity contribution in [3.05, 3.63) is 83.6 Å². The van der Waals surface area contributed by atoms with Crippen molar-refractivity contribution in [1.82, 2.24) is 0 Å². The maximum Gasteiger partial charge on any atom is 0.203 e. The van der Waals surface area contributed by atoms with E-state index in [-0.39, 0.29) is 11.1 Å². The molecule has 0 spiro atoms. The van der Waals surface area contributed by atoms with E-state index in [1.54, 1.807) is 0 Å². The fourth-order valence-electron chi connectivity index (χ4n) is 2.90. The Labute approximate surface area is 165 Å². The molecule has 0 saturated heterocycles. The monoisotopic (exact) mass is 408 g/mol. The van der Waals surface area contributed by atoms with Crippen molar-refractivity contribution in [2.24, 2.45) is 5.92 Å². The van der Waals surface area contributed by atoms with Crippen molar-refractivity contribution < 1.29 is 17.5 Å². The van der Waals surface area contributed by atoms with Crippen molar-refractivity contribution in [3.63, 3.8) is 0 Å². The maximum atomic E-state index is 14.6. The molecule has 3 rings (SSSR count). The highest BCUT2D eigenvalue weighted by Crippen LogP contribution is 2.41. The highest BCUT2D eigenvalue weighted by Gasteiger charge is 2.19. The zero-order chi connectivity index (χ0) is 19.6. The Morgan fingerprint density at radius 2 is 1.74 bits per heavy atom. The minimum Gasteiger partial charge on any atom is -0.382 e. The molecule has 1 aliphatic rings. The van der Waals surface area contributed by atoms with E-state index in [0.717, 1.165) is 23.8 Å². The molecule has 1 nitrogen and oxygen atoms in total. The molecule has 0 atom stereocenters. The number of rotatable bonds is 6. The summed E-state index contributed by atoms with van der Waals surface area (Å²) in [6.45, 7) is 7.99. The van der Waals surface area contributed by atoms with Gasteiger partial charge in [-0.05, 0) is 47.4 Å². The van der Waals surface area contributed by atoms with Gasteiger partial charge >= 0.3 is 0 Å². The molecular formula is C21H16ClF3OS. The molecular weight excluding hydrogens is 393 g/mol. The fraction of sp³-hybridized carbons (Fsp3) is 0.143. The van der Waals surface area contributed by atoms with Crippen LogP contribution in [-0.2, 0) is 0 Å². The molecule has 0 fully saturated rings. The lowest BCUT2D eigenvalue weighted by atomic mass is 10.0. The number of halogens is 4. The Balaban J connectivity index is 1.82. The van der Waals surface area contributed by atoms with Crippen LogP contribution in [0.4, 0.5) is 13.2 Å². The second-order valence-corrected chi connectivity index (χ2v) is 7.52. The molecule has 0 N–H and O–H groups in total. The molecule has 6 heteroatoms. The second-order valence-electron chi connectivity index (χ2n) is 6.14. The van der Waals surface area contributed by atoms with Gasteiger partial charge in [0, 0.05) is 16.0 Å². The Bertz CT molecular complexity index is 931. The van der Waals surface area contributed by atoms with Gasteiger partial charge in [0.05, 0.1) is 0 Å². The molecule has 1 aliphatic carbocycles. The third kappa shape index (κ3) is 4.09. The first-order valence-electron chi connectivity index (χ1n) is 8.19. The normalized spacial score (nSPS) is 13.8. The minimum absolute atomic E-state index is 0.0879. The quantitative estimate of drug-likeness (QED) is 0.458. The Morgan fingerprint density at radius 1 is 1.04 bits per heavy atom. The molecule has 2 aromatic rings. The van der Waals surface area contributed by atoms with Gasteiger partial charge in [0.2, 0.25) is 5.82 Å². The van der Waals surface area contributed by atoms with E-state index in [4.69, 9.17) is 11.9 Å². The summed E-state index contributed by atoms with van der Waals surface area (Å²) in [5.41, 5.74) is 0.415. The fourth-order valence-corrected chi connectivity index (χ4v) is 3.97. The van der Waals surface area contributed by atoms with Crippen LogP contribution >= 0.6 is 23.6 Å². The van der Waals surface area contributed by atoms with Crippen LogP contribution in [0, 0.1) is 23.4 Å². The van der Waals surface area contributed by atoms with Gasteiger partial charge in [-0.25, -0.2) is 8.78 Å². The zero-order valence-corrected chi connectivity index (χ0v) is 15.8. The van der Waals surface area contributed by atoms with E-state index < -0.39 is 23.2 Å². The second kappa shape index (κ2) is 8.28. The van der Waals surface area contributed by atoms with Gasteiger partial charge < -0.3 is 4.29 Å². The van der Waals surface area contributed by atoms with Crippen molar-refractivity contribution in [3.8, 4) is 16.9 Å². The smallest absolute Gasteiger partial charge is 0.203 e. The zero-order valence-electron chi connectivity index (χ0n) is 14.3. The summed E-state index contributed by atoms with van der Waals surface area (Å²) < 4.78 is 46.9. The summed E-state index contributed by atoms with van der Waals surface area (Å²) >= 11 is 6.42. The van der Waals surface area contributed by atoms with Crippen LogP contribution < -0.4 is 4.29 Å².